The molecule has 130 valence electrons. The number of halogens is 1. The first-order valence-corrected chi connectivity index (χ1v) is 7.81. The fourth-order valence-electron chi connectivity index (χ4n) is 2.68. The number of aliphatic carboxylic acids is 1. The van der Waals surface area contributed by atoms with Crippen LogP contribution >= 0.6 is 0 Å². The van der Waals surface area contributed by atoms with Gasteiger partial charge in [-0.1, -0.05) is 6.07 Å². The van der Waals surface area contributed by atoms with Crippen LogP contribution in [-0.2, 0) is 17.8 Å². The lowest BCUT2D eigenvalue weighted by atomic mass is 10.0. The zero-order valence-corrected chi connectivity index (χ0v) is 13.5. The third-order valence-electron chi connectivity index (χ3n) is 3.96. The Bertz CT molecular complexity index is 931. The van der Waals surface area contributed by atoms with Gasteiger partial charge < -0.3 is 15.4 Å². The van der Waals surface area contributed by atoms with Gasteiger partial charge in [0.2, 0.25) is 0 Å². The molecule has 0 aliphatic heterocycles. The zero-order valence-electron chi connectivity index (χ0n) is 13.5. The van der Waals surface area contributed by atoms with E-state index < -0.39 is 23.7 Å². The number of aryl methyl sites for hydroxylation is 1. The summed E-state index contributed by atoms with van der Waals surface area (Å²) >= 11 is 0. The number of benzene rings is 1. The minimum absolute atomic E-state index is 0.0451. The van der Waals surface area contributed by atoms with Gasteiger partial charge in [0.25, 0.3) is 5.91 Å². The standard InChI is InChI=1S/C17H17FN4O3/c1-2-22-7-6-13(21-22)16(23)20-14(17(24)25)8-10-9-19-12-5-3-4-11(18)15(10)12/h3-7,9,14,19H,2,8H2,1H3,(H,20,23)(H,24,25). The predicted octanol–water partition coefficient (Wildman–Crippen LogP) is 1.95. The van der Waals surface area contributed by atoms with Gasteiger partial charge in [-0.15, -0.1) is 0 Å². The van der Waals surface area contributed by atoms with Crippen molar-refractivity contribution in [1.29, 1.82) is 0 Å². The molecule has 0 radical (unpaired) electrons. The van der Waals surface area contributed by atoms with Crippen molar-refractivity contribution >= 4 is 22.8 Å². The summed E-state index contributed by atoms with van der Waals surface area (Å²) in [6.07, 6.45) is 3.15. The summed E-state index contributed by atoms with van der Waals surface area (Å²) in [6.45, 7) is 2.48. The van der Waals surface area contributed by atoms with Gasteiger partial charge in [-0.2, -0.15) is 5.10 Å². The molecule has 0 aliphatic carbocycles. The highest BCUT2D eigenvalue weighted by atomic mass is 19.1. The first kappa shape index (κ1) is 16.7. The van der Waals surface area contributed by atoms with Crippen LogP contribution in [0.15, 0.2) is 36.7 Å². The van der Waals surface area contributed by atoms with Crippen LogP contribution in [0.25, 0.3) is 10.9 Å². The van der Waals surface area contributed by atoms with E-state index in [1.54, 1.807) is 29.2 Å². The highest BCUT2D eigenvalue weighted by molar-refractivity contribution is 5.95. The molecule has 2 heterocycles. The van der Waals surface area contributed by atoms with Crippen LogP contribution in [0.4, 0.5) is 4.39 Å². The normalized spacial score (nSPS) is 12.2. The molecule has 8 heteroatoms. The highest BCUT2D eigenvalue weighted by Crippen LogP contribution is 2.22. The summed E-state index contributed by atoms with van der Waals surface area (Å²) < 4.78 is 15.6. The van der Waals surface area contributed by atoms with Crippen molar-refractivity contribution in [2.24, 2.45) is 0 Å². The zero-order chi connectivity index (χ0) is 18.0. The number of hydrogen-bond donors (Lipinski definition) is 3. The number of carboxylic acid groups (broad SMARTS) is 1. The summed E-state index contributed by atoms with van der Waals surface area (Å²) in [5.41, 5.74) is 1.20. The number of fused-ring (bicyclic) bond motifs is 1. The minimum atomic E-state index is -1.20. The van der Waals surface area contributed by atoms with E-state index in [4.69, 9.17) is 0 Å². The van der Waals surface area contributed by atoms with Crippen molar-refractivity contribution in [2.45, 2.75) is 25.9 Å². The first-order chi connectivity index (χ1) is 12.0. The van der Waals surface area contributed by atoms with Gasteiger partial charge in [0, 0.05) is 36.3 Å². The first-order valence-electron chi connectivity index (χ1n) is 7.81. The second-order valence-electron chi connectivity index (χ2n) is 5.60. The Morgan fingerprint density at radius 3 is 2.88 bits per heavy atom. The number of nitrogens with one attached hydrogen (secondary N) is 2. The Morgan fingerprint density at radius 2 is 2.20 bits per heavy atom. The maximum absolute atomic E-state index is 14.0. The Balaban J connectivity index is 1.81. The highest BCUT2D eigenvalue weighted by Gasteiger charge is 2.24. The van der Waals surface area contributed by atoms with E-state index in [9.17, 15) is 19.1 Å². The molecule has 0 bridgehead atoms. The molecular formula is C17H17FN4O3. The average molecular weight is 344 g/mol. The summed E-state index contributed by atoms with van der Waals surface area (Å²) in [5.74, 6) is -2.22. The molecule has 7 nitrogen and oxygen atoms in total. The van der Waals surface area contributed by atoms with Gasteiger partial charge >= 0.3 is 5.97 Å². The number of H-pyrrole nitrogens is 1. The van der Waals surface area contributed by atoms with Crippen LogP contribution in [0.3, 0.4) is 0 Å². The number of aromatic amines is 1. The van der Waals surface area contributed by atoms with E-state index in [0.717, 1.165) is 0 Å². The molecule has 0 aliphatic rings. The molecule has 3 N–H and O–H groups in total. The molecule has 0 saturated heterocycles. The van der Waals surface area contributed by atoms with Crippen LogP contribution in [0.2, 0.25) is 0 Å². The maximum atomic E-state index is 14.0. The number of carboxylic acids is 1. The minimum Gasteiger partial charge on any atom is -0.480 e. The van der Waals surface area contributed by atoms with Gasteiger partial charge in [-0.3, -0.25) is 9.48 Å². The average Bonchev–Trinajstić information content (AvgIpc) is 3.21. The molecule has 0 spiro atoms. The van der Waals surface area contributed by atoms with Crippen LogP contribution < -0.4 is 5.32 Å². The molecule has 1 unspecified atom stereocenters. The van der Waals surface area contributed by atoms with Crippen LogP contribution in [-0.4, -0.2) is 37.8 Å². The molecule has 0 saturated carbocycles. The molecule has 3 aromatic rings. The number of hydrogen-bond acceptors (Lipinski definition) is 3. The van der Waals surface area contributed by atoms with Crippen molar-refractivity contribution in [1.82, 2.24) is 20.1 Å². The predicted molar refractivity (Wildman–Crippen MR) is 88.8 cm³/mol. The quantitative estimate of drug-likeness (QED) is 0.636. The van der Waals surface area contributed by atoms with Crippen molar-refractivity contribution < 1.29 is 19.1 Å². The van der Waals surface area contributed by atoms with Crippen molar-refractivity contribution in [2.75, 3.05) is 0 Å². The maximum Gasteiger partial charge on any atom is 0.326 e. The van der Waals surface area contributed by atoms with Gasteiger partial charge in [-0.25, -0.2) is 9.18 Å². The Hall–Kier alpha value is -3.16. The third-order valence-corrected chi connectivity index (χ3v) is 3.96. The van der Waals surface area contributed by atoms with Crippen molar-refractivity contribution in [3.05, 3.63) is 53.7 Å². The van der Waals surface area contributed by atoms with E-state index in [1.807, 2.05) is 6.92 Å². The summed E-state index contributed by atoms with van der Waals surface area (Å²) in [5, 5.41) is 16.2. The smallest absolute Gasteiger partial charge is 0.326 e. The molecule has 25 heavy (non-hydrogen) atoms. The van der Waals surface area contributed by atoms with E-state index in [1.165, 1.54) is 12.1 Å². The van der Waals surface area contributed by atoms with E-state index in [0.29, 0.717) is 23.0 Å². The van der Waals surface area contributed by atoms with Crippen LogP contribution in [0.5, 0.6) is 0 Å². The largest absolute Gasteiger partial charge is 0.480 e. The second-order valence-corrected chi connectivity index (χ2v) is 5.60. The lowest BCUT2D eigenvalue weighted by Crippen LogP contribution is -2.42. The molecular weight excluding hydrogens is 327 g/mol. The number of aromatic nitrogens is 3. The molecule has 3 rings (SSSR count). The number of rotatable bonds is 6. The number of carbonyl (C=O) groups is 2. The topological polar surface area (TPSA) is 100 Å². The Kier molecular flexibility index (Phi) is 4.51. The van der Waals surface area contributed by atoms with Crippen molar-refractivity contribution in [3.8, 4) is 0 Å². The SMILES string of the molecule is CCn1ccc(C(=O)NC(Cc2c[nH]c3cccc(F)c23)C(=O)O)n1. The molecule has 2 aromatic heterocycles. The second kappa shape index (κ2) is 6.76. The number of carbonyl (C=O) groups excluding carboxylic acids is 1. The lowest BCUT2D eigenvalue weighted by Gasteiger charge is -2.13. The fraction of sp³-hybridized carbons (Fsp3) is 0.235. The number of amides is 1. The van der Waals surface area contributed by atoms with Gasteiger partial charge in [0.1, 0.15) is 17.6 Å². The van der Waals surface area contributed by atoms with E-state index in [-0.39, 0.29) is 12.1 Å². The van der Waals surface area contributed by atoms with Crippen LogP contribution in [0.1, 0.15) is 23.0 Å². The molecule has 1 aromatic carbocycles. The van der Waals surface area contributed by atoms with Crippen molar-refractivity contribution in [3.63, 3.8) is 0 Å². The van der Waals surface area contributed by atoms with Gasteiger partial charge in [-0.05, 0) is 30.7 Å². The van der Waals surface area contributed by atoms with Crippen LogP contribution in [0, 0.1) is 5.82 Å². The Morgan fingerprint density at radius 1 is 1.40 bits per heavy atom. The van der Waals surface area contributed by atoms with Gasteiger partial charge in [0.05, 0.1) is 0 Å². The molecule has 1 atom stereocenters. The fourth-order valence-corrected chi connectivity index (χ4v) is 2.68. The molecule has 0 fully saturated rings. The monoisotopic (exact) mass is 344 g/mol. The van der Waals surface area contributed by atoms with E-state index in [2.05, 4.69) is 15.4 Å². The van der Waals surface area contributed by atoms with E-state index >= 15 is 0 Å². The summed E-state index contributed by atoms with van der Waals surface area (Å²) in [4.78, 5) is 26.7. The summed E-state index contributed by atoms with van der Waals surface area (Å²) in [7, 11) is 0. The molecule has 1 amide bonds. The lowest BCUT2D eigenvalue weighted by molar-refractivity contribution is -0.139. The Labute approximate surface area is 142 Å². The van der Waals surface area contributed by atoms with Gasteiger partial charge in [0.15, 0.2) is 0 Å². The summed E-state index contributed by atoms with van der Waals surface area (Å²) in [6, 6.07) is 4.90. The number of nitrogens with zero attached hydrogens (tertiary/aromatic N) is 2. The third kappa shape index (κ3) is 3.37.